The van der Waals surface area contributed by atoms with Gasteiger partial charge in [0.15, 0.2) is 5.82 Å². The van der Waals surface area contributed by atoms with E-state index in [4.69, 9.17) is 11.6 Å². The number of aromatic carboxylic acids is 1. The van der Waals surface area contributed by atoms with Crippen molar-refractivity contribution in [1.82, 2.24) is 30.4 Å². The maximum atomic E-state index is 15.0. The maximum Gasteiger partial charge on any atom is 0.335 e. The van der Waals surface area contributed by atoms with Crippen LogP contribution < -0.4 is 10.6 Å². The van der Waals surface area contributed by atoms with Gasteiger partial charge in [-0.1, -0.05) is 32.4 Å². The van der Waals surface area contributed by atoms with E-state index in [0.717, 1.165) is 25.3 Å². The van der Waals surface area contributed by atoms with Crippen molar-refractivity contribution < 1.29 is 28.7 Å². The molecule has 14 heteroatoms. The molecule has 0 spiro atoms. The molecule has 1 aliphatic rings. The smallest absolute Gasteiger partial charge is 0.335 e. The summed E-state index contributed by atoms with van der Waals surface area (Å²) >= 11 is 5.96. The topological polar surface area (TPSA) is 159 Å². The zero-order valence-electron chi connectivity index (χ0n) is 24.5. The molecule has 1 unspecified atom stereocenters. The molecule has 4 rings (SSSR count). The fourth-order valence-corrected chi connectivity index (χ4v) is 5.04. The highest BCUT2D eigenvalue weighted by atomic mass is 35.5. The summed E-state index contributed by atoms with van der Waals surface area (Å²) in [5.74, 6) is -3.65. The number of piperidine rings is 1. The standard InChI is InChI=1S/C30H33ClFN7O5/c1-30(2,3)21-15-18(7-8-19(21)29(43)44)34-28(42)23(16-26(41)38-13-5-4-6-14-38)35-25(40)12-9-20-24(39-17-33-36-37-39)11-10-22(31)27(20)32/h7-12,15,17,23H,4-6,13-14,16H2,1-3H3,(H,34,42)(H,35,40)(H,43,44). The average molecular weight is 626 g/mol. The lowest BCUT2D eigenvalue weighted by molar-refractivity contribution is -0.135. The number of likely N-dealkylation sites (tertiary alicyclic amines) is 1. The summed E-state index contributed by atoms with van der Waals surface area (Å²) in [4.78, 5) is 53.1. The zero-order chi connectivity index (χ0) is 32.0. The van der Waals surface area contributed by atoms with Crippen LogP contribution in [0.15, 0.2) is 42.7 Å². The number of carbonyl (C=O) groups excluding carboxylic acids is 3. The van der Waals surface area contributed by atoms with Gasteiger partial charge in [-0.05, 0) is 77.1 Å². The van der Waals surface area contributed by atoms with E-state index in [9.17, 15) is 28.7 Å². The molecule has 1 aliphatic heterocycles. The lowest BCUT2D eigenvalue weighted by atomic mass is 9.83. The Kier molecular flexibility index (Phi) is 10.1. The summed E-state index contributed by atoms with van der Waals surface area (Å²) in [6, 6.07) is 5.93. The number of rotatable bonds is 9. The van der Waals surface area contributed by atoms with Gasteiger partial charge in [0.1, 0.15) is 12.4 Å². The van der Waals surface area contributed by atoms with Gasteiger partial charge in [-0.3, -0.25) is 14.4 Å². The van der Waals surface area contributed by atoms with Gasteiger partial charge in [-0.15, -0.1) is 5.10 Å². The van der Waals surface area contributed by atoms with Crippen molar-refractivity contribution in [2.24, 2.45) is 0 Å². The Morgan fingerprint density at radius 2 is 1.84 bits per heavy atom. The van der Waals surface area contributed by atoms with Gasteiger partial charge in [0.2, 0.25) is 17.7 Å². The molecule has 0 aliphatic carbocycles. The third kappa shape index (κ3) is 7.84. The van der Waals surface area contributed by atoms with Crippen molar-refractivity contribution in [3.8, 4) is 5.69 Å². The number of hydrogen-bond acceptors (Lipinski definition) is 7. The SMILES string of the molecule is CC(C)(C)c1cc(NC(=O)C(CC(=O)N2CCCCC2)NC(=O)C=Cc2c(-n3cnnn3)ccc(Cl)c2F)ccc1C(=O)O. The zero-order valence-corrected chi connectivity index (χ0v) is 25.3. The summed E-state index contributed by atoms with van der Waals surface area (Å²) < 4.78 is 16.2. The van der Waals surface area contributed by atoms with Crippen LogP contribution in [0, 0.1) is 5.82 Å². The van der Waals surface area contributed by atoms with Gasteiger partial charge in [0, 0.05) is 30.4 Å². The van der Waals surface area contributed by atoms with Crippen molar-refractivity contribution >= 4 is 47.1 Å². The number of aromatic nitrogens is 4. The minimum atomic E-state index is -1.29. The summed E-state index contributed by atoms with van der Waals surface area (Å²) in [6.07, 6.45) is 5.83. The number of anilines is 1. The Hall–Kier alpha value is -4.65. The van der Waals surface area contributed by atoms with Crippen LogP contribution in [0.1, 0.15) is 67.9 Å². The van der Waals surface area contributed by atoms with E-state index >= 15 is 0 Å². The second-order valence-corrected chi connectivity index (χ2v) is 11.8. The second kappa shape index (κ2) is 13.8. The third-order valence-electron chi connectivity index (χ3n) is 7.15. The van der Waals surface area contributed by atoms with Crippen LogP contribution in [0.3, 0.4) is 0 Å². The monoisotopic (exact) mass is 625 g/mol. The molecule has 0 radical (unpaired) electrons. The van der Waals surface area contributed by atoms with Crippen molar-refractivity contribution in [3.05, 3.63) is 70.3 Å². The molecular formula is C30H33ClFN7O5. The third-order valence-corrected chi connectivity index (χ3v) is 7.44. The van der Waals surface area contributed by atoms with E-state index in [1.54, 1.807) is 11.0 Å². The number of carboxylic acid groups (broad SMARTS) is 1. The largest absolute Gasteiger partial charge is 0.478 e. The second-order valence-electron chi connectivity index (χ2n) is 11.4. The minimum Gasteiger partial charge on any atom is -0.478 e. The molecular weight excluding hydrogens is 593 g/mol. The molecule has 1 aromatic heterocycles. The Balaban J connectivity index is 1.59. The van der Waals surface area contributed by atoms with Crippen LogP contribution in [0.5, 0.6) is 0 Å². The molecule has 1 atom stereocenters. The number of nitrogens with zero attached hydrogens (tertiary/aromatic N) is 5. The Bertz CT molecular complexity index is 1580. The summed E-state index contributed by atoms with van der Waals surface area (Å²) in [5, 5.41) is 25.5. The Morgan fingerprint density at radius 1 is 1.11 bits per heavy atom. The molecule has 0 bridgehead atoms. The quantitative estimate of drug-likeness (QED) is 0.301. The van der Waals surface area contributed by atoms with E-state index in [0.29, 0.717) is 24.3 Å². The molecule has 2 aromatic carbocycles. The molecule has 3 amide bonds. The first-order valence-corrected chi connectivity index (χ1v) is 14.4. The molecule has 232 valence electrons. The number of amides is 3. The van der Waals surface area contributed by atoms with Crippen molar-refractivity contribution in [2.45, 2.75) is 57.9 Å². The van der Waals surface area contributed by atoms with Crippen molar-refractivity contribution in [1.29, 1.82) is 0 Å². The number of nitrogens with one attached hydrogen (secondary N) is 2. The Labute approximate surface area is 258 Å². The molecule has 0 saturated carbocycles. The van der Waals surface area contributed by atoms with Crippen molar-refractivity contribution in [2.75, 3.05) is 18.4 Å². The molecule has 3 N–H and O–H groups in total. The average Bonchev–Trinajstić information content (AvgIpc) is 3.52. The van der Waals surface area contributed by atoms with E-state index in [1.807, 2.05) is 20.8 Å². The van der Waals surface area contributed by atoms with Crippen LogP contribution in [0.2, 0.25) is 5.02 Å². The molecule has 1 saturated heterocycles. The molecule has 44 heavy (non-hydrogen) atoms. The number of carboxylic acids is 1. The van der Waals surface area contributed by atoms with E-state index in [1.165, 1.54) is 41.4 Å². The predicted molar refractivity (Wildman–Crippen MR) is 161 cm³/mol. The molecule has 1 fully saturated rings. The summed E-state index contributed by atoms with van der Waals surface area (Å²) in [7, 11) is 0. The lowest BCUT2D eigenvalue weighted by Gasteiger charge is -2.28. The highest BCUT2D eigenvalue weighted by Crippen LogP contribution is 2.29. The lowest BCUT2D eigenvalue weighted by Crippen LogP contribution is -2.47. The van der Waals surface area contributed by atoms with Crippen LogP contribution >= 0.6 is 11.6 Å². The Morgan fingerprint density at radius 3 is 2.48 bits per heavy atom. The summed E-state index contributed by atoms with van der Waals surface area (Å²) in [6.45, 7) is 6.66. The highest BCUT2D eigenvalue weighted by molar-refractivity contribution is 6.31. The maximum absolute atomic E-state index is 15.0. The summed E-state index contributed by atoms with van der Waals surface area (Å²) in [5.41, 5.74) is 0.497. The normalized spacial score (nSPS) is 14.3. The highest BCUT2D eigenvalue weighted by Gasteiger charge is 2.28. The van der Waals surface area contributed by atoms with Crippen LogP contribution in [0.25, 0.3) is 11.8 Å². The minimum absolute atomic E-state index is 0.0708. The molecule has 2 heterocycles. The first kappa shape index (κ1) is 32.3. The number of hydrogen-bond donors (Lipinski definition) is 3. The van der Waals surface area contributed by atoms with Gasteiger partial charge in [0.25, 0.3) is 0 Å². The van der Waals surface area contributed by atoms with E-state index in [2.05, 4.69) is 26.2 Å². The number of benzene rings is 2. The molecule has 12 nitrogen and oxygen atoms in total. The van der Waals surface area contributed by atoms with Gasteiger partial charge >= 0.3 is 5.97 Å². The van der Waals surface area contributed by atoms with Crippen LogP contribution in [-0.4, -0.2) is 73.0 Å². The number of carbonyl (C=O) groups is 4. The van der Waals surface area contributed by atoms with E-state index in [-0.39, 0.29) is 34.2 Å². The van der Waals surface area contributed by atoms with Crippen molar-refractivity contribution in [3.63, 3.8) is 0 Å². The van der Waals surface area contributed by atoms with Crippen LogP contribution in [-0.2, 0) is 19.8 Å². The van der Waals surface area contributed by atoms with Gasteiger partial charge < -0.3 is 20.6 Å². The predicted octanol–water partition coefficient (Wildman–Crippen LogP) is 3.99. The number of halogens is 2. The first-order valence-electron chi connectivity index (χ1n) is 14.0. The van der Waals surface area contributed by atoms with E-state index < -0.39 is 35.1 Å². The number of tetrazole rings is 1. The molecule has 3 aromatic rings. The van der Waals surface area contributed by atoms with Gasteiger partial charge in [-0.2, -0.15) is 4.68 Å². The fraction of sp³-hybridized carbons (Fsp3) is 0.367. The van der Waals surface area contributed by atoms with Crippen LogP contribution in [0.4, 0.5) is 10.1 Å². The fourth-order valence-electron chi connectivity index (χ4n) is 4.88. The van der Waals surface area contributed by atoms with Gasteiger partial charge in [-0.25, -0.2) is 9.18 Å². The first-order chi connectivity index (χ1) is 20.8. The van der Waals surface area contributed by atoms with Gasteiger partial charge in [0.05, 0.1) is 22.7 Å².